The predicted molar refractivity (Wildman–Crippen MR) is 53.9 cm³/mol. The molecule has 0 unspecified atom stereocenters. The Bertz CT molecular complexity index is 352. The molecule has 0 aliphatic rings. The van der Waals surface area contributed by atoms with Gasteiger partial charge in [0.25, 0.3) is 0 Å². The number of aromatic hydroxyl groups is 1. The highest BCUT2D eigenvalue weighted by atomic mass is 79.9. The molecule has 0 aliphatic carbocycles. The molecule has 1 aromatic carbocycles. The zero-order valence-corrected chi connectivity index (χ0v) is 9.52. The predicted octanol–water partition coefficient (Wildman–Crippen LogP) is 2.87. The SMILES string of the molecule is O=C(CBr)c1c(Br)ccc(O)c1F. The number of benzene rings is 1. The number of phenols is 1. The van der Waals surface area contributed by atoms with Gasteiger partial charge in [-0.05, 0) is 28.1 Å². The third-order valence-electron chi connectivity index (χ3n) is 1.47. The molecule has 0 heterocycles. The average Bonchev–Trinajstić information content (AvgIpc) is 2.12. The zero-order valence-electron chi connectivity index (χ0n) is 6.35. The zero-order chi connectivity index (χ0) is 10.0. The number of phenolic OH excluding ortho intramolecular Hbond substituents is 1. The van der Waals surface area contributed by atoms with Crippen LogP contribution in [0.3, 0.4) is 0 Å². The fourth-order valence-corrected chi connectivity index (χ4v) is 1.67. The van der Waals surface area contributed by atoms with E-state index in [0.717, 1.165) is 0 Å². The maximum Gasteiger partial charge on any atom is 0.177 e. The van der Waals surface area contributed by atoms with E-state index in [4.69, 9.17) is 5.11 Å². The molecule has 0 amide bonds. The fourth-order valence-electron chi connectivity index (χ4n) is 0.864. The number of hydrogen-bond acceptors (Lipinski definition) is 2. The molecule has 0 aliphatic heterocycles. The summed E-state index contributed by atoms with van der Waals surface area (Å²) in [5, 5.41) is 9.03. The lowest BCUT2D eigenvalue weighted by Gasteiger charge is -2.04. The summed E-state index contributed by atoms with van der Waals surface area (Å²) < 4.78 is 13.5. The monoisotopic (exact) mass is 310 g/mol. The molecule has 1 N–H and O–H groups in total. The first-order valence-electron chi connectivity index (χ1n) is 3.34. The number of carbonyl (C=O) groups is 1. The molecular weight excluding hydrogens is 307 g/mol. The maximum atomic E-state index is 13.2. The van der Waals surface area contributed by atoms with Crippen molar-refractivity contribution in [2.45, 2.75) is 0 Å². The Morgan fingerprint density at radius 3 is 2.69 bits per heavy atom. The standard InChI is InChI=1S/C8H5Br2FO2/c9-3-6(13)7-4(10)1-2-5(12)8(7)11/h1-2,12H,3H2. The largest absolute Gasteiger partial charge is 0.505 e. The molecule has 0 aromatic heterocycles. The Morgan fingerprint density at radius 1 is 1.54 bits per heavy atom. The summed E-state index contributed by atoms with van der Waals surface area (Å²) in [7, 11) is 0. The van der Waals surface area contributed by atoms with Crippen molar-refractivity contribution in [3.63, 3.8) is 0 Å². The van der Waals surface area contributed by atoms with Crippen LogP contribution in [0.2, 0.25) is 0 Å². The van der Waals surface area contributed by atoms with Crippen LogP contribution in [0.5, 0.6) is 5.75 Å². The molecule has 1 rings (SSSR count). The van der Waals surface area contributed by atoms with Gasteiger partial charge < -0.3 is 5.11 Å². The van der Waals surface area contributed by atoms with Gasteiger partial charge in [0.15, 0.2) is 17.3 Å². The molecule has 70 valence electrons. The third kappa shape index (κ3) is 2.08. The van der Waals surface area contributed by atoms with Crippen LogP contribution in [-0.4, -0.2) is 16.2 Å². The molecule has 0 bridgehead atoms. The first-order valence-corrected chi connectivity index (χ1v) is 5.25. The van der Waals surface area contributed by atoms with Gasteiger partial charge in [-0.2, -0.15) is 0 Å². The van der Waals surface area contributed by atoms with Gasteiger partial charge in [0.1, 0.15) is 0 Å². The molecule has 0 atom stereocenters. The highest BCUT2D eigenvalue weighted by Gasteiger charge is 2.17. The number of Topliss-reactive ketones (excluding diaryl/α,β-unsaturated/α-hetero) is 1. The first-order chi connectivity index (χ1) is 6.07. The van der Waals surface area contributed by atoms with E-state index in [9.17, 15) is 9.18 Å². The normalized spacial score (nSPS) is 10.1. The Morgan fingerprint density at radius 2 is 2.15 bits per heavy atom. The van der Waals surface area contributed by atoms with E-state index in [1.807, 2.05) is 0 Å². The van der Waals surface area contributed by atoms with Gasteiger partial charge in [-0.3, -0.25) is 4.79 Å². The van der Waals surface area contributed by atoms with Crippen LogP contribution in [0.1, 0.15) is 10.4 Å². The summed E-state index contributed by atoms with van der Waals surface area (Å²) in [6.45, 7) is 0. The third-order valence-corrected chi connectivity index (χ3v) is 2.64. The van der Waals surface area contributed by atoms with Crippen LogP contribution in [-0.2, 0) is 0 Å². The molecular formula is C8H5Br2FO2. The Labute approximate surface area is 91.0 Å². The van der Waals surface area contributed by atoms with Crippen molar-refractivity contribution in [1.82, 2.24) is 0 Å². The minimum Gasteiger partial charge on any atom is -0.505 e. The number of ketones is 1. The van der Waals surface area contributed by atoms with Crippen molar-refractivity contribution in [3.05, 3.63) is 28.0 Å². The topological polar surface area (TPSA) is 37.3 Å². The molecule has 2 nitrogen and oxygen atoms in total. The molecule has 0 radical (unpaired) electrons. The molecule has 0 saturated heterocycles. The van der Waals surface area contributed by atoms with Crippen LogP contribution in [0.4, 0.5) is 4.39 Å². The van der Waals surface area contributed by atoms with E-state index in [1.165, 1.54) is 12.1 Å². The van der Waals surface area contributed by atoms with Crippen molar-refractivity contribution in [1.29, 1.82) is 0 Å². The number of carbonyl (C=O) groups excluding carboxylic acids is 1. The van der Waals surface area contributed by atoms with Crippen molar-refractivity contribution < 1.29 is 14.3 Å². The average molecular weight is 312 g/mol. The van der Waals surface area contributed by atoms with E-state index in [-0.39, 0.29) is 10.9 Å². The van der Waals surface area contributed by atoms with Crippen LogP contribution in [0.25, 0.3) is 0 Å². The highest BCUT2D eigenvalue weighted by molar-refractivity contribution is 9.10. The molecule has 5 heteroatoms. The summed E-state index contributed by atoms with van der Waals surface area (Å²) in [6.07, 6.45) is 0. The molecule has 0 fully saturated rings. The number of rotatable bonds is 2. The lowest BCUT2D eigenvalue weighted by atomic mass is 10.1. The van der Waals surface area contributed by atoms with Crippen molar-refractivity contribution in [2.75, 3.05) is 5.33 Å². The highest BCUT2D eigenvalue weighted by Crippen LogP contribution is 2.27. The van der Waals surface area contributed by atoms with Crippen molar-refractivity contribution >= 4 is 37.6 Å². The van der Waals surface area contributed by atoms with Gasteiger partial charge in [-0.15, -0.1) is 0 Å². The van der Waals surface area contributed by atoms with Crippen molar-refractivity contribution in [2.24, 2.45) is 0 Å². The number of hydrogen-bond donors (Lipinski definition) is 1. The Kier molecular flexibility index (Phi) is 3.44. The molecule has 1 aromatic rings. The fraction of sp³-hybridized carbons (Fsp3) is 0.125. The number of alkyl halides is 1. The minimum absolute atomic E-state index is 0.0198. The van der Waals surface area contributed by atoms with Crippen LogP contribution in [0.15, 0.2) is 16.6 Å². The van der Waals surface area contributed by atoms with Crippen LogP contribution >= 0.6 is 31.9 Å². The van der Waals surface area contributed by atoms with E-state index >= 15 is 0 Å². The van der Waals surface area contributed by atoms with Gasteiger partial charge in [0.05, 0.1) is 10.9 Å². The summed E-state index contributed by atoms with van der Waals surface area (Å²) in [6, 6.07) is 2.61. The smallest absolute Gasteiger partial charge is 0.177 e. The first kappa shape index (κ1) is 10.7. The van der Waals surface area contributed by atoms with Crippen LogP contribution < -0.4 is 0 Å². The van der Waals surface area contributed by atoms with Crippen molar-refractivity contribution in [3.8, 4) is 5.75 Å². The van der Waals surface area contributed by atoms with Gasteiger partial charge >= 0.3 is 0 Å². The molecule has 0 saturated carbocycles. The second-order valence-corrected chi connectivity index (χ2v) is 3.73. The quantitative estimate of drug-likeness (QED) is 0.673. The maximum absolute atomic E-state index is 13.2. The van der Waals surface area contributed by atoms with E-state index in [2.05, 4.69) is 31.9 Å². The Balaban J connectivity index is 3.33. The number of halogens is 3. The summed E-state index contributed by atoms with van der Waals surface area (Å²) in [5.41, 5.74) is -0.128. The van der Waals surface area contributed by atoms with E-state index in [1.54, 1.807) is 0 Å². The van der Waals surface area contributed by atoms with Gasteiger partial charge in [0, 0.05) is 4.47 Å². The van der Waals surface area contributed by atoms with E-state index in [0.29, 0.717) is 4.47 Å². The summed E-state index contributed by atoms with van der Waals surface area (Å²) in [4.78, 5) is 11.2. The van der Waals surface area contributed by atoms with Crippen LogP contribution in [0, 0.1) is 5.82 Å². The lowest BCUT2D eigenvalue weighted by molar-refractivity contribution is 0.101. The Hall–Kier alpha value is -0.420. The second-order valence-electron chi connectivity index (χ2n) is 2.31. The molecule has 13 heavy (non-hydrogen) atoms. The summed E-state index contributed by atoms with van der Waals surface area (Å²) in [5.74, 6) is -1.83. The lowest BCUT2D eigenvalue weighted by Crippen LogP contribution is -2.04. The van der Waals surface area contributed by atoms with Gasteiger partial charge in [-0.25, -0.2) is 4.39 Å². The second kappa shape index (κ2) is 4.19. The van der Waals surface area contributed by atoms with E-state index < -0.39 is 17.3 Å². The van der Waals surface area contributed by atoms with Gasteiger partial charge in [-0.1, -0.05) is 15.9 Å². The minimum atomic E-state index is -0.890. The van der Waals surface area contributed by atoms with Gasteiger partial charge in [0.2, 0.25) is 0 Å². The summed E-state index contributed by atoms with van der Waals surface area (Å²) >= 11 is 5.96. The molecule has 0 spiro atoms.